The van der Waals surface area contributed by atoms with Gasteiger partial charge in [0.1, 0.15) is 0 Å². The van der Waals surface area contributed by atoms with Gasteiger partial charge < -0.3 is 15.5 Å². The molecule has 0 radical (unpaired) electrons. The van der Waals surface area contributed by atoms with Crippen LogP contribution in [-0.4, -0.2) is 72.6 Å². The van der Waals surface area contributed by atoms with Crippen molar-refractivity contribution in [2.75, 3.05) is 39.8 Å². The number of piperidine rings is 1. The Morgan fingerprint density at radius 3 is 2.56 bits per heavy atom. The maximum atomic E-state index is 12.1. The van der Waals surface area contributed by atoms with Crippen molar-refractivity contribution in [2.45, 2.75) is 38.3 Å². The van der Waals surface area contributed by atoms with Crippen LogP contribution < -0.4 is 5.73 Å². The highest BCUT2D eigenvalue weighted by Crippen LogP contribution is 2.20. The van der Waals surface area contributed by atoms with E-state index in [2.05, 4.69) is 4.90 Å². The molecular formula is C13H26N4O. The van der Waals surface area contributed by atoms with E-state index in [9.17, 15) is 4.79 Å². The van der Waals surface area contributed by atoms with Crippen LogP contribution in [-0.2, 0) is 0 Å². The maximum Gasteiger partial charge on any atom is 0.319 e. The van der Waals surface area contributed by atoms with Gasteiger partial charge in [0.15, 0.2) is 0 Å². The van der Waals surface area contributed by atoms with E-state index < -0.39 is 0 Å². The summed E-state index contributed by atoms with van der Waals surface area (Å²) in [6.45, 7) is 6.76. The third kappa shape index (κ3) is 2.95. The van der Waals surface area contributed by atoms with E-state index in [1.807, 2.05) is 18.9 Å². The Balaban J connectivity index is 1.83. The number of carbonyl (C=O) groups is 1. The molecule has 0 spiro atoms. The molecule has 104 valence electrons. The Morgan fingerprint density at radius 2 is 1.94 bits per heavy atom. The summed E-state index contributed by atoms with van der Waals surface area (Å²) in [5, 5.41) is 0. The molecule has 2 N–H and O–H groups in total. The van der Waals surface area contributed by atoms with Crippen LogP contribution in [0.4, 0.5) is 4.79 Å². The Bertz CT molecular complexity index is 289. The summed E-state index contributed by atoms with van der Waals surface area (Å²) in [6.07, 6.45) is 3.30. The average Bonchev–Trinajstić information content (AvgIpc) is 2.87. The van der Waals surface area contributed by atoms with Crippen molar-refractivity contribution < 1.29 is 4.79 Å². The zero-order valence-corrected chi connectivity index (χ0v) is 11.6. The van der Waals surface area contributed by atoms with Crippen LogP contribution >= 0.6 is 0 Å². The summed E-state index contributed by atoms with van der Waals surface area (Å²) in [5.41, 5.74) is 5.93. The zero-order chi connectivity index (χ0) is 13.1. The van der Waals surface area contributed by atoms with Crippen LogP contribution in [0.3, 0.4) is 0 Å². The SMILES string of the molecule is CCN(C)C(=O)N1CCC(N2CCC(N)CC2)C1. The predicted octanol–water partition coefficient (Wildman–Crippen LogP) is 0.556. The molecule has 2 fully saturated rings. The second kappa shape index (κ2) is 5.89. The number of nitrogens with two attached hydrogens (primary N) is 1. The highest BCUT2D eigenvalue weighted by atomic mass is 16.2. The Labute approximate surface area is 110 Å². The van der Waals surface area contributed by atoms with E-state index in [1.165, 1.54) is 0 Å². The van der Waals surface area contributed by atoms with Crippen molar-refractivity contribution in [2.24, 2.45) is 5.73 Å². The highest BCUT2D eigenvalue weighted by Gasteiger charge is 2.32. The Hall–Kier alpha value is -0.810. The molecular weight excluding hydrogens is 228 g/mol. The standard InChI is InChI=1S/C13H26N4O/c1-3-15(2)13(18)17-9-6-12(10-17)16-7-4-11(14)5-8-16/h11-12H,3-10,14H2,1-2H3. The van der Waals surface area contributed by atoms with Crippen LogP contribution in [0, 0.1) is 0 Å². The number of nitrogens with zero attached hydrogens (tertiary/aromatic N) is 3. The molecule has 0 aliphatic carbocycles. The summed E-state index contributed by atoms with van der Waals surface area (Å²) in [7, 11) is 1.87. The van der Waals surface area contributed by atoms with Gasteiger partial charge in [-0.25, -0.2) is 4.79 Å². The van der Waals surface area contributed by atoms with Gasteiger partial charge in [-0.3, -0.25) is 4.90 Å². The van der Waals surface area contributed by atoms with Gasteiger partial charge in [-0.2, -0.15) is 0 Å². The molecule has 0 saturated carbocycles. The molecule has 18 heavy (non-hydrogen) atoms. The van der Waals surface area contributed by atoms with Crippen molar-refractivity contribution in [3.8, 4) is 0 Å². The van der Waals surface area contributed by atoms with E-state index in [4.69, 9.17) is 5.73 Å². The fourth-order valence-corrected chi connectivity index (χ4v) is 2.87. The van der Waals surface area contributed by atoms with Crippen molar-refractivity contribution in [1.29, 1.82) is 0 Å². The van der Waals surface area contributed by atoms with Crippen molar-refractivity contribution in [3.05, 3.63) is 0 Å². The fraction of sp³-hybridized carbons (Fsp3) is 0.923. The fourth-order valence-electron chi connectivity index (χ4n) is 2.87. The first-order valence-corrected chi connectivity index (χ1v) is 7.11. The Kier molecular flexibility index (Phi) is 4.45. The lowest BCUT2D eigenvalue weighted by molar-refractivity contribution is 0.145. The summed E-state index contributed by atoms with van der Waals surface area (Å²) in [5.74, 6) is 0. The first-order chi connectivity index (χ1) is 8.61. The quantitative estimate of drug-likeness (QED) is 0.783. The first-order valence-electron chi connectivity index (χ1n) is 7.11. The van der Waals surface area contributed by atoms with E-state index in [0.717, 1.165) is 52.0 Å². The topological polar surface area (TPSA) is 52.8 Å². The van der Waals surface area contributed by atoms with E-state index >= 15 is 0 Å². The highest BCUT2D eigenvalue weighted by molar-refractivity contribution is 5.74. The number of amides is 2. The van der Waals surface area contributed by atoms with E-state index in [-0.39, 0.29) is 6.03 Å². The molecule has 0 aromatic rings. The lowest BCUT2D eigenvalue weighted by Crippen LogP contribution is -2.47. The number of carbonyl (C=O) groups excluding carboxylic acids is 1. The number of hydrogen-bond acceptors (Lipinski definition) is 3. The number of urea groups is 1. The predicted molar refractivity (Wildman–Crippen MR) is 72.5 cm³/mol. The largest absolute Gasteiger partial charge is 0.328 e. The van der Waals surface area contributed by atoms with E-state index in [0.29, 0.717) is 12.1 Å². The van der Waals surface area contributed by atoms with Crippen molar-refractivity contribution >= 4 is 6.03 Å². The van der Waals surface area contributed by atoms with Gasteiger partial charge in [0.2, 0.25) is 0 Å². The van der Waals surface area contributed by atoms with Crippen molar-refractivity contribution in [1.82, 2.24) is 14.7 Å². The number of likely N-dealkylation sites (tertiary alicyclic amines) is 2. The Morgan fingerprint density at radius 1 is 1.28 bits per heavy atom. The van der Waals surface area contributed by atoms with E-state index in [1.54, 1.807) is 4.90 Å². The lowest BCUT2D eigenvalue weighted by Gasteiger charge is -2.34. The molecule has 5 heteroatoms. The molecule has 0 aromatic carbocycles. The van der Waals surface area contributed by atoms with Gasteiger partial charge in [-0.1, -0.05) is 0 Å². The van der Waals surface area contributed by atoms with Gasteiger partial charge in [-0.05, 0) is 39.3 Å². The minimum Gasteiger partial charge on any atom is -0.328 e. The molecule has 1 atom stereocenters. The number of rotatable bonds is 2. The first kappa shape index (κ1) is 13.6. The van der Waals surface area contributed by atoms with Crippen LogP contribution in [0.1, 0.15) is 26.2 Å². The summed E-state index contributed by atoms with van der Waals surface area (Å²) < 4.78 is 0. The van der Waals surface area contributed by atoms with Gasteiger partial charge in [0.25, 0.3) is 0 Å². The van der Waals surface area contributed by atoms with Gasteiger partial charge in [-0.15, -0.1) is 0 Å². The number of hydrogen-bond donors (Lipinski definition) is 1. The van der Waals surface area contributed by atoms with Crippen LogP contribution in [0.15, 0.2) is 0 Å². The van der Waals surface area contributed by atoms with Crippen molar-refractivity contribution in [3.63, 3.8) is 0 Å². The normalized spacial score (nSPS) is 26.6. The summed E-state index contributed by atoms with van der Waals surface area (Å²) >= 11 is 0. The molecule has 0 aromatic heterocycles. The van der Waals surface area contributed by atoms with Crippen LogP contribution in [0.25, 0.3) is 0 Å². The van der Waals surface area contributed by atoms with Crippen LogP contribution in [0.2, 0.25) is 0 Å². The second-order valence-electron chi connectivity index (χ2n) is 5.56. The van der Waals surface area contributed by atoms with Gasteiger partial charge in [0, 0.05) is 38.8 Å². The third-order valence-electron chi connectivity index (χ3n) is 4.33. The molecule has 2 amide bonds. The molecule has 1 unspecified atom stereocenters. The zero-order valence-electron chi connectivity index (χ0n) is 11.6. The minimum absolute atomic E-state index is 0.175. The molecule has 2 saturated heterocycles. The molecule has 0 bridgehead atoms. The molecule has 2 aliphatic rings. The van der Waals surface area contributed by atoms with Gasteiger partial charge in [0.05, 0.1) is 0 Å². The lowest BCUT2D eigenvalue weighted by atomic mass is 10.0. The van der Waals surface area contributed by atoms with Crippen LogP contribution in [0.5, 0.6) is 0 Å². The molecule has 5 nitrogen and oxygen atoms in total. The summed E-state index contributed by atoms with van der Waals surface area (Å²) in [6, 6.07) is 1.10. The maximum absolute atomic E-state index is 12.1. The molecule has 2 aliphatic heterocycles. The second-order valence-corrected chi connectivity index (χ2v) is 5.56. The smallest absolute Gasteiger partial charge is 0.319 e. The monoisotopic (exact) mass is 254 g/mol. The average molecular weight is 254 g/mol. The molecule has 2 heterocycles. The minimum atomic E-state index is 0.175. The third-order valence-corrected chi connectivity index (χ3v) is 4.33. The summed E-state index contributed by atoms with van der Waals surface area (Å²) in [4.78, 5) is 18.4. The van der Waals surface area contributed by atoms with Gasteiger partial charge >= 0.3 is 6.03 Å². The molecule has 2 rings (SSSR count).